The highest BCUT2D eigenvalue weighted by atomic mass is 32.2. The van der Waals surface area contributed by atoms with Crippen molar-refractivity contribution in [2.24, 2.45) is 11.8 Å². The molecule has 3 aliphatic carbocycles. The van der Waals surface area contributed by atoms with Gasteiger partial charge in [-0.3, -0.25) is 9.12 Å². The first kappa shape index (κ1) is 18.9. The van der Waals surface area contributed by atoms with Gasteiger partial charge in [-0.25, -0.2) is 8.42 Å². The number of hydrogen-bond acceptors (Lipinski definition) is 5. The van der Waals surface area contributed by atoms with Crippen molar-refractivity contribution >= 4 is 21.6 Å². The highest BCUT2D eigenvalue weighted by molar-refractivity contribution is 7.93. The molecule has 7 nitrogen and oxygen atoms in total. The van der Waals surface area contributed by atoms with Crippen LogP contribution >= 0.6 is 0 Å². The maximum absolute atomic E-state index is 12.3. The summed E-state index contributed by atoms with van der Waals surface area (Å²) in [5.41, 5.74) is 3.18. The number of aromatic nitrogens is 3. The van der Waals surface area contributed by atoms with Gasteiger partial charge in [0.2, 0.25) is 16.0 Å². The number of sulfonamides is 1. The second-order valence-corrected chi connectivity index (χ2v) is 10.8. The number of rotatable bonds is 7. The fourth-order valence-corrected chi connectivity index (χ4v) is 5.49. The van der Waals surface area contributed by atoms with Crippen LogP contribution in [0.15, 0.2) is 23.9 Å². The molecular weight excluding hydrogens is 388 g/mol. The monoisotopic (exact) mass is 416 g/mol. The second kappa shape index (κ2) is 7.00. The van der Waals surface area contributed by atoms with Gasteiger partial charge in [0.05, 0.1) is 11.9 Å². The Labute approximate surface area is 171 Å². The zero-order chi connectivity index (χ0) is 20.2. The Bertz CT molecular complexity index is 1070. The summed E-state index contributed by atoms with van der Waals surface area (Å²) in [5.74, 6) is 2.65. The second-order valence-electron chi connectivity index (χ2n) is 8.85. The van der Waals surface area contributed by atoms with Gasteiger partial charge >= 0.3 is 0 Å². The summed E-state index contributed by atoms with van der Waals surface area (Å²) in [6.07, 6.45) is 10.3. The molecule has 3 aliphatic rings. The summed E-state index contributed by atoms with van der Waals surface area (Å²) in [6.45, 7) is 5.18. The Kier molecular flexibility index (Phi) is 4.57. The Morgan fingerprint density at radius 2 is 2.00 bits per heavy atom. The zero-order valence-corrected chi connectivity index (χ0v) is 17.8. The van der Waals surface area contributed by atoms with Crippen LogP contribution in [0, 0.1) is 11.8 Å². The summed E-state index contributed by atoms with van der Waals surface area (Å²) in [7, 11) is -3.38. The number of allylic oxidation sites excluding steroid dienone is 2. The number of anilines is 1. The molecule has 0 amide bonds. The van der Waals surface area contributed by atoms with E-state index in [-0.39, 0.29) is 11.2 Å². The molecule has 8 heteroatoms. The van der Waals surface area contributed by atoms with Crippen LogP contribution in [0.25, 0.3) is 5.65 Å². The SMILES string of the molecule is CC1=CCC[C@H](COc2cc3nnc(NS(=O)(=O)C4CC4)n3cc2C2CC2)C1C. The molecule has 0 aliphatic heterocycles. The van der Waals surface area contributed by atoms with E-state index in [1.807, 2.05) is 12.3 Å². The first-order valence-electron chi connectivity index (χ1n) is 10.6. The van der Waals surface area contributed by atoms with Crippen molar-refractivity contribution in [1.29, 1.82) is 0 Å². The highest BCUT2D eigenvalue weighted by Gasteiger charge is 2.37. The number of nitrogens with one attached hydrogen (secondary N) is 1. The molecule has 2 fully saturated rings. The molecule has 0 radical (unpaired) electrons. The summed E-state index contributed by atoms with van der Waals surface area (Å²) in [4.78, 5) is 0. The lowest BCUT2D eigenvalue weighted by molar-refractivity contribution is 0.200. The summed E-state index contributed by atoms with van der Waals surface area (Å²) in [6, 6.07) is 1.91. The van der Waals surface area contributed by atoms with Crippen molar-refractivity contribution in [3.8, 4) is 5.75 Å². The van der Waals surface area contributed by atoms with Gasteiger partial charge in [0.1, 0.15) is 5.75 Å². The van der Waals surface area contributed by atoms with E-state index in [9.17, 15) is 8.42 Å². The maximum atomic E-state index is 12.3. The largest absolute Gasteiger partial charge is 0.493 e. The Morgan fingerprint density at radius 1 is 1.21 bits per heavy atom. The molecule has 2 aromatic heterocycles. The summed E-state index contributed by atoms with van der Waals surface area (Å²) < 4.78 is 35.3. The number of ether oxygens (including phenoxy) is 1. The molecule has 1 N–H and O–H groups in total. The van der Waals surface area contributed by atoms with Crippen molar-refractivity contribution < 1.29 is 13.2 Å². The minimum atomic E-state index is -3.38. The first-order chi connectivity index (χ1) is 13.9. The quantitative estimate of drug-likeness (QED) is 0.692. The van der Waals surface area contributed by atoms with Crippen LogP contribution in [0.3, 0.4) is 0 Å². The third kappa shape index (κ3) is 3.74. The van der Waals surface area contributed by atoms with Crippen LogP contribution in [0.1, 0.15) is 63.9 Å². The lowest BCUT2D eigenvalue weighted by Crippen LogP contribution is -2.23. The van der Waals surface area contributed by atoms with Crippen molar-refractivity contribution in [3.05, 3.63) is 29.5 Å². The molecule has 5 rings (SSSR count). The predicted molar refractivity (Wildman–Crippen MR) is 112 cm³/mol. The predicted octanol–water partition coefficient (Wildman–Crippen LogP) is 3.88. The molecule has 2 saturated carbocycles. The molecule has 2 heterocycles. The van der Waals surface area contributed by atoms with E-state index in [4.69, 9.17) is 4.74 Å². The van der Waals surface area contributed by atoms with Crippen molar-refractivity contribution in [2.75, 3.05) is 11.3 Å². The van der Waals surface area contributed by atoms with E-state index in [1.165, 1.54) is 5.57 Å². The molecule has 29 heavy (non-hydrogen) atoms. The van der Waals surface area contributed by atoms with Gasteiger partial charge in [-0.05, 0) is 63.2 Å². The topological polar surface area (TPSA) is 85.6 Å². The normalized spacial score (nSPS) is 25.1. The number of fused-ring (bicyclic) bond motifs is 1. The van der Waals surface area contributed by atoms with Crippen LogP contribution in [-0.4, -0.2) is 34.9 Å². The lowest BCUT2D eigenvalue weighted by atomic mass is 9.81. The van der Waals surface area contributed by atoms with E-state index in [0.717, 1.165) is 37.0 Å². The molecule has 1 unspecified atom stereocenters. The van der Waals surface area contributed by atoms with Crippen LogP contribution in [-0.2, 0) is 10.0 Å². The van der Waals surface area contributed by atoms with E-state index in [1.54, 1.807) is 4.40 Å². The fraction of sp³-hybridized carbons (Fsp3) is 0.619. The average molecular weight is 417 g/mol. The van der Waals surface area contributed by atoms with Gasteiger partial charge in [0.25, 0.3) is 0 Å². The van der Waals surface area contributed by atoms with Gasteiger partial charge in [-0.15, -0.1) is 10.2 Å². The van der Waals surface area contributed by atoms with Gasteiger partial charge in [-0.1, -0.05) is 18.6 Å². The maximum Gasteiger partial charge on any atom is 0.242 e. The molecule has 0 aromatic carbocycles. The standard InChI is InChI=1S/C21H28N4O3S/c1-13-4-3-5-16(14(13)2)12-28-19-10-20-22-23-21(24-29(26,27)17-8-9-17)25(20)11-18(19)15-6-7-15/h4,10-11,14-17H,3,5-9,12H2,1-2H3,(H,23,24)/t14?,16-/m1/s1. The third-order valence-corrected chi connectivity index (χ3v) is 8.45. The van der Waals surface area contributed by atoms with Crippen LogP contribution in [0.5, 0.6) is 5.75 Å². The molecule has 2 aromatic rings. The molecular formula is C21H28N4O3S. The summed E-state index contributed by atoms with van der Waals surface area (Å²) in [5, 5.41) is 7.97. The third-order valence-electron chi connectivity index (χ3n) is 6.63. The average Bonchev–Trinajstić information content (AvgIpc) is 3.60. The Morgan fingerprint density at radius 3 is 2.72 bits per heavy atom. The Hall–Kier alpha value is -2.09. The van der Waals surface area contributed by atoms with Crippen LogP contribution < -0.4 is 9.46 Å². The summed E-state index contributed by atoms with van der Waals surface area (Å²) >= 11 is 0. The fourth-order valence-electron chi connectivity index (χ4n) is 4.17. The van der Waals surface area contributed by atoms with Crippen LogP contribution in [0.4, 0.5) is 5.95 Å². The number of pyridine rings is 1. The first-order valence-corrected chi connectivity index (χ1v) is 12.2. The molecule has 0 bridgehead atoms. The van der Waals surface area contributed by atoms with E-state index >= 15 is 0 Å². The highest BCUT2D eigenvalue weighted by Crippen LogP contribution is 2.45. The minimum absolute atomic E-state index is 0.266. The molecule has 0 saturated heterocycles. The number of hydrogen-bond donors (Lipinski definition) is 1. The smallest absolute Gasteiger partial charge is 0.242 e. The van der Waals surface area contributed by atoms with Crippen molar-refractivity contribution in [1.82, 2.24) is 14.6 Å². The van der Waals surface area contributed by atoms with Crippen molar-refractivity contribution in [3.63, 3.8) is 0 Å². The van der Waals surface area contributed by atoms with Gasteiger partial charge < -0.3 is 4.74 Å². The number of nitrogens with zero attached hydrogens (tertiary/aromatic N) is 3. The molecule has 0 spiro atoms. The minimum Gasteiger partial charge on any atom is -0.493 e. The lowest BCUT2D eigenvalue weighted by Gasteiger charge is -2.28. The zero-order valence-electron chi connectivity index (χ0n) is 17.0. The molecule has 2 atom stereocenters. The van der Waals surface area contributed by atoms with E-state index in [0.29, 0.717) is 42.8 Å². The van der Waals surface area contributed by atoms with E-state index < -0.39 is 10.0 Å². The van der Waals surface area contributed by atoms with Crippen molar-refractivity contribution in [2.45, 2.75) is 63.5 Å². The Balaban J connectivity index is 1.41. The molecule has 156 valence electrons. The van der Waals surface area contributed by atoms with Crippen LogP contribution in [0.2, 0.25) is 0 Å². The van der Waals surface area contributed by atoms with Gasteiger partial charge in [0.15, 0.2) is 5.65 Å². The van der Waals surface area contributed by atoms with Gasteiger partial charge in [0, 0.05) is 17.8 Å². The van der Waals surface area contributed by atoms with E-state index in [2.05, 4.69) is 34.8 Å². The van der Waals surface area contributed by atoms with Gasteiger partial charge in [-0.2, -0.15) is 0 Å².